The van der Waals surface area contributed by atoms with Crippen LogP contribution in [0.2, 0.25) is 0 Å². The molecule has 4 rings (SSSR count). The Morgan fingerprint density at radius 1 is 1.00 bits per heavy atom. The molecule has 0 unspecified atom stereocenters. The number of hydrogen-bond donors (Lipinski definition) is 1. The van der Waals surface area contributed by atoms with Gasteiger partial charge in [0.1, 0.15) is 5.75 Å². The van der Waals surface area contributed by atoms with E-state index in [1.54, 1.807) is 18.2 Å². The van der Waals surface area contributed by atoms with Gasteiger partial charge in [-0.05, 0) is 29.0 Å². The molecule has 0 spiro atoms. The first-order valence-corrected chi connectivity index (χ1v) is 8.47. The quantitative estimate of drug-likeness (QED) is 0.798. The van der Waals surface area contributed by atoms with Crippen LogP contribution in [0, 0.1) is 0 Å². The highest BCUT2D eigenvalue weighted by Gasteiger charge is 2.24. The number of hydrogen-bond acceptors (Lipinski definition) is 4. The smallest absolute Gasteiger partial charge is 0.289 e. The fourth-order valence-corrected chi connectivity index (χ4v) is 3.38. The molecule has 0 radical (unpaired) electrons. The molecule has 3 aromatic rings. The second-order valence-corrected chi connectivity index (χ2v) is 6.33. The Morgan fingerprint density at radius 3 is 2.56 bits per heavy atom. The number of nitrogens with zero attached hydrogens (tertiary/aromatic N) is 2. The monoisotopic (exact) mass is 336 g/mol. The number of fused-ring (bicyclic) bond motifs is 1. The van der Waals surface area contributed by atoms with E-state index in [1.165, 1.54) is 6.26 Å². The first-order chi connectivity index (χ1) is 12.2. The fourth-order valence-electron chi connectivity index (χ4n) is 3.38. The number of phenols is 1. The van der Waals surface area contributed by atoms with E-state index < -0.39 is 0 Å². The average molecular weight is 336 g/mol. The summed E-state index contributed by atoms with van der Waals surface area (Å²) in [4.78, 5) is 16.4. The minimum atomic E-state index is -0.0577. The third kappa shape index (κ3) is 3.10. The third-order valence-corrected chi connectivity index (χ3v) is 4.79. The van der Waals surface area contributed by atoms with E-state index in [0.717, 1.165) is 29.4 Å². The molecule has 2 heterocycles. The van der Waals surface area contributed by atoms with Gasteiger partial charge >= 0.3 is 0 Å². The Morgan fingerprint density at radius 2 is 1.80 bits per heavy atom. The Kier molecular flexibility index (Phi) is 4.15. The van der Waals surface area contributed by atoms with Crippen molar-refractivity contribution < 1.29 is 14.3 Å². The molecule has 1 saturated heterocycles. The maximum absolute atomic E-state index is 12.3. The predicted octanol–water partition coefficient (Wildman–Crippen LogP) is 3.10. The lowest BCUT2D eigenvalue weighted by Crippen LogP contribution is -2.48. The van der Waals surface area contributed by atoms with Gasteiger partial charge < -0.3 is 14.4 Å². The van der Waals surface area contributed by atoms with Crippen LogP contribution in [0.25, 0.3) is 10.8 Å². The van der Waals surface area contributed by atoms with E-state index in [9.17, 15) is 9.90 Å². The molecule has 0 saturated carbocycles. The van der Waals surface area contributed by atoms with Crippen LogP contribution >= 0.6 is 0 Å². The number of piperazine rings is 1. The van der Waals surface area contributed by atoms with Gasteiger partial charge in [-0.2, -0.15) is 0 Å². The van der Waals surface area contributed by atoms with E-state index in [1.807, 2.05) is 29.2 Å². The van der Waals surface area contributed by atoms with Gasteiger partial charge in [-0.3, -0.25) is 9.69 Å². The largest absolute Gasteiger partial charge is 0.508 e. The molecule has 0 atom stereocenters. The van der Waals surface area contributed by atoms with Crippen molar-refractivity contribution in [2.75, 3.05) is 26.2 Å². The van der Waals surface area contributed by atoms with Gasteiger partial charge in [-0.15, -0.1) is 0 Å². The molecule has 25 heavy (non-hydrogen) atoms. The van der Waals surface area contributed by atoms with Crippen molar-refractivity contribution in [1.29, 1.82) is 0 Å². The standard InChI is InChI=1S/C20H20N2O3/c23-18-8-7-15-4-1-2-5-16(15)17(18)14-21-9-11-22(12-10-21)20(24)19-6-3-13-25-19/h1-8,13,23H,9-12,14H2. The maximum Gasteiger partial charge on any atom is 0.289 e. The summed E-state index contributed by atoms with van der Waals surface area (Å²) in [5.74, 6) is 0.658. The van der Waals surface area contributed by atoms with Crippen molar-refractivity contribution in [1.82, 2.24) is 9.80 Å². The highest BCUT2D eigenvalue weighted by Crippen LogP contribution is 2.28. The molecule has 1 fully saturated rings. The van der Waals surface area contributed by atoms with Crippen LogP contribution in [0.15, 0.2) is 59.2 Å². The minimum absolute atomic E-state index is 0.0577. The van der Waals surface area contributed by atoms with Crippen LogP contribution < -0.4 is 0 Å². The van der Waals surface area contributed by atoms with Crippen molar-refractivity contribution in [2.24, 2.45) is 0 Å². The summed E-state index contributed by atoms with van der Waals surface area (Å²) in [6, 6.07) is 15.2. The summed E-state index contributed by atoms with van der Waals surface area (Å²) in [7, 11) is 0. The van der Waals surface area contributed by atoms with Crippen LogP contribution in [0.5, 0.6) is 5.75 Å². The van der Waals surface area contributed by atoms with E-state index in [0.29, 0.717) is 31.1 Å². The van der Waals surface area contributed by atoms with Gasteiger partial charge in [0, 0.05) is 38.3 Å². The van der Waals surface area contributed by atoms with Crippen molar-refractivity contribution in [2.45, 2.75) is 6.54 Å². The van der Waals surface area contributed by atoms with Crippen molar-refractivity contribution in [3.8, 4) is 5.75 Å². The van der Waals surface area contributed by atoms with Gasteiger partial charge in [0.25, 0.3) is 5.91 Å². The summed E-state index contributed by atoms with van der Waals surface area (Å²) < 4.78 is 5.20. The van der Waals surface area contributed by atoms with Crippen LogP contribution in [0.3, 0.4) is 0 Å². The zero-order chi connectivity index (χ0) is 17.2. The molecular weight excluding hydrogens is 316 g/mol. The molecule has 128 valence electrons. The number of benzene rings is 2. The van der Waals surface area contributed by atoms with Crippen LogP contribution in [-0.4, -0.2) is 47.0 Å². The molecule has 5 nitrogen and oxygen atoms in total. The van der Waals surface area contributed by atoms with Crippen molar-refractivity contribution >= 4 is 16.7 Å². The van der Waals surface area contributed by atoms with Crippen LogP contribution in [0.1, 0.15) is 16.1 Å². The lowest BCUT2D eigenvalue weighted by molar-refractivity contribution is 0.0597. The normalized spacial score (nSPS) is 15.6. The topological polar surface area (TPSA) is 56.9 Å². The average Bonchev–Trinajstić information content (AvgIpc) is 3.19. The summed E-state index contributed by atoms with van der Waals surface area (Å²) >= 11 is 0. The summed E-state index contributed by atoms with van der Waals surface area (Å²) in [6.45, 7) is 3.54. The van der Waals surface area contributed by atoms with Crippen molar-refractivity contribution in [3.05, 3.63) is 66.1 Å². The second kappa shape index (κ2) is 6.61. The third-order valence-electron chi connectivity index (χ3n) is 4.79. The van der Waals surface area contributed by atoms with Crippen LogP contribution in [0.4, 0.5) is 0 Å². The molecule has 0 bridgehead atoms. The van der Waals surface area contributed by atoms with E-state index >= 15 is 0 Å². The van der Waals surface area contributed by atoms with Gasteiger partial charge in [0.05, 0.1) is 6.26 Å². The number of furan rings is 1. The Balaban J connectivity index is 1.46. The molecule has 1 aliphatic heterocycles. The van der Waals surface area contributed by atoms with Crippen molar-refractivity contribution in [3.63, 3.8) is 0 Å². The number of phenolic OH excluding ortho intramolecular Hbond substituents is 1. The summed E-state index contributed by atoms with van der Waals surface area (Å²) in [6.07, 6.45) is 1.52. The molecular formula is C20H20N2O3. The fraction of sp³-hybridized carbons (Fsp3) is 0.250. The molecule has 1 amide bonds. The number of amides is 1. The second-order valence-electron chi connectivity index (χ2n) is 6.33. The zero-order valence-corrected chi connectivity index (χ0v) is 13.9. The van der Waals surface area contributed by atoms with Gasteiger partial charge in [0.2, 0.25) is 0 Å². The summed E-state index contributed by atoms with van der Waals surface area (Å²) in [5, 5.41) is 12.5. The minimum Gasteiger partial charge on any atom is -0.508 e. The molecule has 1 aliphatic rings. The number of rotatable bonds is 3. The van der Waals surface area contributed by atoms with E-state index in [-0.39, 0.29) is 5.91 Å². The molecule has 2 aromatic carbocycles. The van der Waals surface area contributed by atoms with Gasteiger partial charge in [-0.25, -0.2) is 0 Å². The zero-order valence-electron chi connectivity index (χ0n) is 13.9. The Hall–Kier alpha value is -2.79. The van der Waals surface area contributed by atoms with Gasteiger partial charge in [-0.1, -0.05) is 30.3 Å². The highest BCUT2D eigenvalue weighted by molar-refractivity contribution is 5.91. The number of carbonyl (C=O) groups is 1. The van der Waals surface area contributed by atoms with Gasteiger partial charge in [0.15, 0.2) is 5.76 Å². The van der Waals surface area contributed by atoms with Crippen LogP contribution in [-0.2, 0) is 6.54 Å². The Bertz CT molecular complexity index is 881. The maximum atomic E-state index is 12.3. The highest BCUT2D eigenvalue weighted by atomic mass is 16.3. The lowest BCUT2D eigenvalue weighted by atomic mass is 10.0. The molecule has 0 aliphatic carbocycles. The SMILES string of the molecule is O=C(c1ccco1)N1CCN(Cc2c(O)ccc3ccccc23)CC1. The number of carbonyl (C=O) groups excluding carboxylic acids is 1. The molecule has 1 N–H and O–H groups in total. The lowest BCUT2D eigenvalue weighted by Gasteiger charge is -2.34. The first kappa shape index (κ1) is 15.7. The molecule has 5 heteroatoms. The first-order valence-electron chi connectivity index (χ1n) is 8.47. The number of aromatic hydroxyl groups is 1. The Labute approximate surface area is 146 Å². The van der Waals surface area contributed by atoms with E-state index in [2.05, 4.69) is 11.0 Å². The predicted molar refractivity (Wildman–Crippen MR) is 95.5 cm³/mol. The molecule has 1 aromatic heterocycles. The summed E-state index contributed by atoms with van der Waals surface area (Å²) in [5.41, 5.74) is 0.948. The van der Waals surface area contributed by atoms with E-state index in [4.69, 9.17) is 4.42 Å².